The molecule has 0 aliphatic rings. The Balaban J connectivity index is 1.44. The third kappa shape index (κ3) is 5.56. The van der Waals surface area contributed by atoms with Gasteiger partial charge >= 0.3 is 0 Å². The number of carbonyl (C=O) groups excluding carboxylic acids is 2. The maximum atomic E-state index is 11.9. The molecule has 0 fully saturated rings. The lowest BCUT2D eigenvalue weighted by atomic mass is 10.1. The van der Waals surface area contributed by atoms with Gasteiger partial charge in [0.1, 0.15) is 0 Å². The number of amides is 2. The highest BCUT2D eigenvalue weighted by Crippen LogP contribution is 2.17. The summed E-state index contributed by atoms with van der Waals surface area (Å²) in [5.41, 5.74) is 1.92. The van der Waals surface area contributed by atoms with Crippen LogP contribution in [0, 0.1) is 0 Å². The summed E-state index contributed by atoms with van der Waals surface area (Å²) in [5.74, 6) is -0.205. The van der Waals surface area contributed by atoms with Crippen LogP contribution in [0.1, 0.15) is 17.0 Å². The molecule has 1 N–H and O–H groups in total. The van der Waals surface area contributed by atoms with E-state index >= 15 is 0 Å². The molecule has 0 unspecified atom stereocenters. The Morgan fingerprint density at radius 1 is 0.885 bits per heavy atom. The summed E-state index contributed by atoms with van der Waals surface area (Å²) in [7, 11) is 0. The Hall–Kier alpha value is -2.93. The second-order valence-electron chi connectivity index (χ2n) is 5.55. The third-order valence-corrected chi connectivity index (χ3v) is 4.28. The number of imide groups is 1. The van der Waals surface area contributed by atoms with Crippen LogP contribution >= 0.6 is 11.8 Å². The number of hydrogen-bond donors (Lipinski definition) is 1. The van der Waals surface area contributed by atoms with Crippen LogP contribution < -0.4 is 5.32 Å². The van der Waals surface area contributed by atoms with Crippen molar-refractivity contribution in [2.75, 3.05) is 5.75 Å². The molecule has 0 saturated heterocycles. The van der Waals surface area contributed by atoms with Crippen molar-refractivity contribution in [2.45, 2.75) is 18.1 Å². The van der Waals surface area contributed by atoms with Crippen LogP contribution in [-0.4, -0.2) is 27.8 Å². The van der Waals surface area contributed by atoms with Gasteiger partial charge in [0.05, 0.1) is 18.6 Å². The van der Waals surface area contributed by atoms with Gasteiger partial charge < -0.3 is 4.42 Å². The van der Waals surface area contributed by atoms with Crippen molar-refractivity contribution in [1.82, 2.24) is 15.5 Å². The van der Waals surface area contributed by atoms with Crippen LogP contribution in [0.2, 0.25) is 0 Å². The number of aromatic nitrogens is 2. The second kappa shape index (κ2) is 8.96. The Bertz CT molecular complexity index is 866. The molecule has 0 atom stereocenters. The van der Waals surface area contributed by atoms with E-state index in [0.29, 0.717) is 17.5 Å². The average molecular weight is 367 g/mol. The highest BCUT2D eigenvalue weighted by molar-refractivity contribution is 7.99. The predicted molar refractivity (Wildman–Crippen MR) is 97.6 cm³/mol. The van der Waals surface area contributed by atoms with Gasteiger partial charge in [0.25, 0.3) is 5.22 Å². The predicted octanol–water partition coefficient (Wildman–Crippen LogP) is 2.64. The number of carbonyl (C=O) groups is 2. The summed E-state index contributed by atoms with van der Waals surface area (Å²) < 4.78 is 5.51. The number of nitrogens with zero attached hydrogens (tertiary/aromatic N) is 2. The summed E-state index contributed by atoms with van der Waals surface area (Å²) in [4.78, 5) is 23.7. The van der Waals surface area contributed by atoms with Crippen LogP contribution in [0.5, 0.6) is 0 Å². The molecule has 7 heteroatoms. The minimum Gasteiger partial charge on any atom is -0.416 e. The Morgan fingerprint density at radius 2 is 1.54 bits per heavy atom. The van der Waals surface area contributed by atoms with Gasteiger partial charge in [0, 0.05) is 0 Å². The molecule has 3 aromatic rings. The maximum absolute atomic E-state index is 11.9. The van der Waals surface area contributed by atoms with E-state index in [1.165, 1.54) is 0 Å². The van der Waals surface area contributed by atoms with E-state index in [9.17, 15) is 9.59 Å². The van der Waals surface area contributed by atoms with E-state index < -0.39 is 5.91 Å². The van der Waals surface area contributed by atoms with E-state index in [0.717, 1.165) is 22.9 Å². The quantitative estimate of drug-likeness (QED) is 0.646. The van der Waals surface area contributed by atoms with Gasteiger partial charge in [0.15, 0.2) is 0 Å². The molecule has 0 aliphatic heterocycles. The fourth-order valence-electron chi connectivity index (χ4n) is 2.28. The molecular formula is C19H17N3O3S. The maximum Gasteiger partial charge on any atom is 0.277 e. The summed E-state index contributed by atoms with van der Waals surface area (Å²) in [6, 6.07) is 19.0. The number of rotatable bonds is 7. The topological polar surface area (TPSA) is 85.1 Å². The fraction of sp³-hybridized carbons (Fsp3) is 0.158. The van der Waals surface area contributed by atoms with Crippen molar-refractivity contribution in [3.63, 3.8) is 0 Å². The molecule has 26 heavy (non-hydrogen) atoms. The van der Waals surface area contributed by atoms with E-state index in [1.807, 2.05) is 60.7 Å². The highest BCUT2D eigenvalue weighted by atomic mass is 32.2. The van der Waals surface area contributed by atoms with Crippen molar-refractivity contribution in [3.8, 4) is 0 Å². The van der Waals surface area contributed by atoms with Gasteiger partial charge in [-0.05, 0) is 11.1 Å². The molecule has 2 amide bonds. The van der Waals surface area contributed by atoms with Crippen molar-refractivity contribution in [1.29, 1.82) is 0 Å². The van der Waals surface area contributed by atoms with Crippen LogP contribution in [-0.2, 0) is 22.4 Å². The molecule has 0 spiro atoms. The largest absolute Gasteiger partial charge is 0.416 e. The molecule has 0 saturated carbocycles. The summed E-state index contributed by atoms with van der Waals surface area (Å²) in [6.45, 7) is 0. The van der Waals surface area contributed by atoms with Gasteiger partial charge in [0.2, 0.25) is 17.7 Å². The molecule has 1 heterocycles. The van der Waals surface area contributed by atoms with Crippen molar-refractivity contribution >= 4 is 23.6 Å². The SMILES string of the molecule is O=C(CSc1nnc(Cc2ccccc2)o1)NC(=O)Cc1ccccc1. The smallest absolute Gasteiger partial charge is 0.277 e. The Morgan fingerprint density at radius 3 is 2.23 bits per heavy atom. The standard InChI is InChI=1S/C19H17N3O3S/c23-16(11-14-7-3-1-4-8-14)20-17(24)13-26-19-22-21-18(25-19)12-15-9-5-2-6-10-15/h1-10H,11-13H2,(H,20,23,24). The first-order valence-electron chi connectivity index (χ1n) is 8.05. The molecule has 0 bridgehead atoms. The number of benzene rings is 2. The number of thioether (sulfide) groups is 1. The van der Waals surface area contributed by atoms with E-state index in [4.69, 9.17) is 4.42 Å². The van der Waals surface area contributed by atoms with Crippen molar-refractivity contribution in [3.05, 3.63) is 77.7 Å². The Labute approximate surface area is 155 Å². The highest BCUT2D eigenvalue weighted by Gasteiger charge is 2.12. The summed E-state index contributed by atoms with van der Waals surface area (Å²) in [5, 5.41) is 10.5. The minimum absolute atomic E-state index is 0.0352. The van der Waals surface area contributed by atoms with Gasteiger partial charge in [-0.1, -0.05) is 72.4 Å². The fourth-order valence-corrected chi connectivity index (χ4v) is 2.86. The van der Waals surface area contributed by atoms with Gasteiger partial charge in [-0.25, -0.2) is 0 Å². The molecule has 0 aliphatic carbocycles. The summed E-state index contributed by atoms with van der Waals surface area (Å²) in [6.07, 6.45) is 0.704. The number of hydrogen-bond acceptors (Lipinski definition) is 6. The molecular weight excluding hydrogens is 350 g/mol. The van der Waals surface area contributed by atoms with Gasteiger partial charge in [-0.3, -0.25) is 14.9 Å². The molecule has 6 nitrogen and oxygen atoms in total. The van der Waals surface area contributed by atoms with Gasteiger partial charge in [-0.15, -0.1) is 10.2 Å². The molecule has 1 aromatic heterocycles. The zero-order valence-corrected chi connectivity index (χ0v) is 14.7. The van der Waals surface area contributed by atoms with Crippen LogP contribution in [0.25, 0.3) is 0 Å². The first-order valence-corrected chi connectivity index (χ1v) is 9.03. The lowest BCUT2D eigenvalue weighted by Gasteiger charge is -2.03. The zero-order chi connectivity index (χ0) is 18.2. The average Bonchev–Trinajstić information content (AvgIpc) is 3.09. The third-order valence-electron chi connectivity index (χ3n) is 3.46. The normalized spacial score (nSPS) is 10.5. The molecule has 0 radical (unpaired) electrons. The first kappa shape index (κ1) is 17.9. The first-order chi connectivity index (χ1) is 12.7. The minimum atomic E-state index is -0.390. The molecule has 2 aromatic carbocycles. The lowest BCUT2D eigenvalue weighted by Crippen LogP contribution is -2.33. The van der Waals surface area contributed by atoms with Crippen molar-refractivity contribution in [2.24, 2.45) is 0 Å². The van der Waals surface area contributed by atoms with Gasteiger partial charge in [-0.2, -0.15) is 0 Å². The summed E-state index contributed by atoms with van der Waals surface area (Å²) >= 11 is 1.10. The van der Waals surface area contributed by atoms with E-state index in [2.05, 4.69) is 15.5 Å². The Kier molecular flexibility index (Phi) is 6.16. The molecule has 3 rings (SSSR count). The van der Waals surface area contributed by atoms with E-state index in [1.54, 1.807) is 0 Å². The van der Waals surface area contributed by atoms with Crippen LogP contribution in [0.4, 0.5) is 0 Å². The second-order valence-corrected chi connectivity index (χ2v) is 6.47. The van der Waals surface area contributed by atoms with Crippen molar-refractivity contribution < 1.29 is 14.0 Å². The monoisotopic (exact) mass is 367 g/mol. The number of nitrogens with one attached hydrogen (secondary N) is 1. The zero-order valence-electron chi connectivity index (χ0n) is 13.9. The van der Waals surface area contributed by atoms with Crippen LogP contribution in [0.15, 0.2) is 70.3 Å². The molecule has 132 valence electrons. The lowest BCUT2D eigenvalue weighted by molar-refractivity contribution is -0.128. The van der Waals surface area contributed by atoms with Crippen LogP contribution in [0.3, 0.4) is 0 Å². The van der Waals surface area contributed by atoms with E-state index in [-0.39, 0.29) is 18.1 Å².